The van der Waals surface area contributed by atoms with Crippen LogP contribution in [0.15, 0.2) is 12.1 Å². The third kappa shape index (κ3) is 2.08. The Morgan fingerprint density at radius 1 is 1.53 bits per heavy atom. The van der Waals surface area contributed by atoms with Gasteiger partial charge < -0.3 is 4.74 Å². The molecule has 82 valence electrons. The molecule has 1 aromatic heterocycles. The molecule has 2 rings (SSSR count). The first-order valence-electron chi connectivity index (χ1n) is 5.13. The molecule has 2 heterocycles. The van der Waals surface area contributed by atoms with E-state index in [1.807, 2.05) is 12.1 Å². The number of nitrogens with zero attached hydrogens (tertiary/aromatic N) is 2. The molecular weight excluding hydrogens is 212 g/mol. The average molecular weight is 227 g/mol. The maximum absolute atomic E-state index is 5.83. The van der Waals surface area contributed by atoms with Crippen molar-refractivity contribution in [3.05, 3.63) is 22.8 Å². The summed E-state index contributed by atoms with van der Waals surface area (Å²) < 4.78 is 5.26. The van der Waals surface area contributed by atoms with Gasteiger partial charge in [0.05, 0.1) is 7.11 Å². The highest BCUT2D eigenvalue weighted by Gasteiger charge is 2.25. The largest absolute Gasteiger partial charge is 0.481 e. The van der Waals surface area contributed by atoms with E-state index in [1.54, 1.807) is 7.11 Å². The van der Waals surface area contributed by atoms with Crippen LogP contribution in [0.4, 0.5) is 0 Å². The minimum Gasteiger partial charge on any atom is -0.481 e. The van der Waals surface area contributed by atoms with Crippen molar-refractivity contribution < 1.29 is 4.74 Å². The smallest absolute Gasteiger partial charge is 0.219 e. The van der Waals surface area contributed by atoms with E-state index in [4.69, 9.17) is 16.3 Å². The highest BCUT2D eigenvalue weighted by Crippen LogP contribution is 2.35. The topological polar surface area (TPSA) is 25.4 Å². The average Bonchev–Trinajstić information content (AvgIpc) is 2.64. The van der Waals surface area contributed by atoms with Gasteiger partial charge in [0.1, 0.15) is 5.15 Å². The Labute approximate surface area is 95.0 Å². The second-order valence-electron chi connectivity index (χ2n) is 3.87. The van der Waals surface area contributed by atoms with Crippen LogP contribution in [0.25, 0.3) is 0 Å². The van der Waals surface area contributed by atoms with Gasteiger partial charge in [-0.3, -0.25) is 4.90 Å². The van der Waals surface area contributed by atoms with Crippen molar-refractivity contribution in [1.82, 2.24) is 9.88 Å². The van der Waals surface area contributed by atoms with Gasteiger partial charge >= 0.3 is 0 Å². The number of aromatic nitrogens is 1. The minimum absolute atomic E-state index is 0.421. The summed E-state index contributed by atoms with van der Waals surface area (Å²) in [6.07, 6.45) is 2.39. The zero-order chi connectivity index (χ0) is 10.8. The van der Waals surface area contributed by atoms with Gasteiger partial charge in [0.2, 0.25) is 5.88 Å². The Kier molecular flexibility index (Phi) is 3.12. The fourth-order valence-electron chi connectivity index (χ4n) is 2.15. The molecule has 0 unspecified atom stereocenters. The molecule has 3 nitrogen and oxygen atoms in total. The van der Waals surface area contributed by atoms with Crippen LogP contribution in [0.2, 0.25) is 5.15 Å². The van der Waals surface area contributed by atoms with Crippen molar-refractivity contribution in [2.45, 2.75) is 18.9 Å². The molecule has 1 aromatic rings. The number of likely N-dealkylation sites (tertiary alicyclic amines) is 1. The van der Waals surface area contributed by atoms with E-state index in [-0.39, 0.29) is 0 Å². The predicted molar refractivity (Wildman–Crippen MR) is 60.4 cm³/mol. The van der Waals surface area contributed by atoms with Crippen LogP contribution in [-0.4, -0.2) is 30.6 Å². The second kappa shape index (κ2) is 4.37. The maximum Gasteiger partial charge on any atom is 0.219 e. The monoisotopic (exact) mass is 226 g/mol. The molecule has 1 saturated heterocycles. The Morgan fingerprint density at radius 3 is 2.93 bits per heavy atom. The van der Waals surface area contributed by atoms with Gasteiger partial charge in [-0.05, 0) is 38.6 Å². The maximum atomic E-state index is 5.83. The molecule has 0 spiro atoms. The standard InChI is InChI=1S/C11H15ClN2O/c1-14-7-3-4-9(14)8-5-6-10(12)13-11(8)15-2/h5-6,9H,3-4,7H2,1-2H3/t9-/m0/s1. The normalized spacial score (nSPS) is 21.9. The molecule has 1 atom stereocenters. The van der Waals surface area contributed by atoms with Gasteiger partial charge in [-0.15, -0.1) is 0 Å². The lowest BCUT2D eigenvalue weighted by Crippen LogP contribution is -2.18. The van der Waals surface area contributed by atoms with Gasteiger partial charge in [-0.1, -0.05) is 11.6 Å². The molecule has 1 fully saturated rings. The first-order valence-corrected chi connectivity index (χ1v) is 5.51. The fraction of sp³-hybridized carbons (Fsp3) is 0.545. The number of ether oxygens (including phenoxy) is 1. The van der Waals surface area contributed by atoms with E-state index in [0.717, 1.165) is 18.5 Å². The summed E-state index contributed by atoms with van der Waals surface area (Å²) in [4.78, 5) is 6.51. The number of hydrogen-bond acceptors (Lipinski definition) is 3. The van der Waals surface area contributed by atoms with E-state index >= 15 is 0 Å². The quantitative estimate of drug-likeness (QED) is 0.725. The Bertz CT molecular complexity index is 356. The first-order chi connectivity index (χ1) is 7.22. The molecule has 1 aliphatic rings. The summed E-state index contributed by atoms with van der Waals surface area (Å²) in [6, 6.07) is 4.26. The summed E-state index contributed by atoms with van der Waals surface area (Å²) in [6.45, 7) is 1.14. The van der Waals surface area contributed by atoms with Crippen molar-refractivity contribution in [2.24, 2.45) is 0 Å². The van der Waals surface area contributed by atoms with E-state index in [0.29, 0.717) is 17.1 Å². The molecule has 15 heavy (non-hydrogen) atoms. The van der Waals surface area contributed by atoms with Crippen LogP contribution in [-0.2, 0) is 0 Å². The molecule has 1 aliphatic heterocycles. The van der Waals surface area contributed by atoms with Gasteiger partial charge in [0, 0.05) is 11.6 Å². The molecule has 4 heteroatoms. The van der Waals surface area contributed by atoms with Gasteiger partial charge in [-0.2, -0.15) is 0 Å². The van der Waals surface area contributed by atoms with Crippen molar-refractivity contribution >= 4 is 11.6 Å². The summed E-state index contributed by atoms with van der Waals surface area (Å²) in [5, 5.41) is 0.483. The number of rotatable bonds is 2. The third-order valence-electron chi connectivity index (χ3n) is 2.93. The van der Waals surface area contributed by atoms with Crippen molar-refractivity contribution in [1.29, 1.82) is 0 Å². The minimum atomic E-state index is 0.421. The van der Waals surface area contributed by atoms with Crippen LogP contribution in [0.5, 0.6) is 5.88 Å². The van der Waals surface area contributed by atoms with Gasteiger partial charge in [-0.25, -0.2) is 4.98 Å². The van der Waals surface area contributed by atoms with Crippen molar-refractivity contribution in [3.8, 4) is 5.88 Å². The van der Waals surface area contributed by atoms with E-state index in [9.17, 15) is 0 Å². The highest BCUT2D eigenvalue weighted by atomic mass is 35.5. The summed E-state index contributed by atoms with van der Waals surface area (Å²) in [5.41, 5.74) is 1.14. The molecule has 0 radical (unpaired) electrons. The SMILES string of the molecule is COc1nc(Cl)ccc1[C@@H]1CCCN1C. The number of hydrogen-bond donors (Lipinski definition) is 0. The lowest BCUT2D eigenvalue weighted by molar-refractivity contribution is 0.302. The predicted octanol–water partition coefficient (Wildman–Crippen LogP) is 2.51. The fourth-order valence-corrected chi connectivity index (χ4v) is 2.29. The molecular formula is C11H15ClN2O. The molecule has 0 N–H and O–H groups in total. The number of halogens is 1. The van der Waals surface area contributed by atoms with Crippen molar-refractivity contribution in [2.75, 3.05) is 20.7 Å². The van der Waals surface area contributed by atoms with Crippen LogP contribution < -0.4 is 4.74 Å². The van der Waals surface area contributed by atoms with Crippen LogP contribution in [0, 0.1) is 0 Å². The zero-order valence-electron chi connectivity index (χ0n) is 9.03. The van der Waals surface area contributed by atoms with E-state index in [2.05, 4.69) is 16.9 Å². The zero-order valence-corrected chi connectivity index (χ0v) is 9.79. The Balaban J connectivity index is 2.34. The van der Waals surface area contributed by atoms with Gasteiger partial charge in [0.15, 0.2) is 0 Å². The molecule has 0 aromatic carbocycles. The van der Waals surface area contributed by atoms with Crippen LogP contribution in [0.3, 0.4) is 0 Å². The first kappa shape index (κ1) is 10.7. The summed E-state index contributed by atoms with van der Waals surface area (Å²) >= 11 is 5.83. The summed E-state index contributed by atoms with van der Waals surface area (Å²) in [5.74, 6) is 0.654. The van der Waals surface area contributed by atoms with Crippen LogP contribution in [0.1, 0.15) is 24.4 Å². The van der Waals surface area contributed by atoms with E-state index in [1.165, 1.54) is 6.42 Å². The Morgan fingerprint density at radius 2 is 2.33 bits per heavy atom. The number of methoxy groups -OCH3 is 1. The van der Waals surface area contributed by atoms with Crippen molar-refractivity contribution in [3.63, 3.8) is 0 Å². The lowest BCUT2D eigenvalue weighted by Gasteiger charge is -2.21. The lowest BCUT2D eigenvalue weighted by atomic mass is 10.1. The molecule has 0 amide bonds. The molecule has 0 bridgehead atoms. The summed E-state index contributed by atoms with van der Waals surface area (Å²) in [7, 11) is 3.77. The third-order valence-corrected chi connectivity index (χ3v) is 3.14. The van der Waals surface area contributed by atoms with Gasteiger partial charge in [0.25, 0.3) is 0 Å². The molecule has 0 aliphatic carbocycles. The molecule has 0 saturated carbocycles. The highest BCUT2D eigenvalue weighted by molar-refractivity contribution is 6.29. The Hall–Kier alpha value is -0.800. The second-order valence-corrected chi connectivity index (χ2v) is 4.26. The number of pyridine rings is 1. The van der Waals surface area contributed by atoms with E-state index < -0.39 is 0 Å². The van der Waals surface area contributed by atoms with Crippen LogP contribution >= 0.6 is 11.6 Å².